The van der Waals surface area contributed by atoms with Crippen LogP contribution < -0.4 is 5.01 Å². The summed E-state index contributed by atoms with van der Waals surface area (Å²) in [6.45, 7) is 2.00. The Hall–Kier alpha value is -1.91. The molecule has 0 aromatic carbocycles. The Labute approximate surface area is 87.1 Å². The number of nitrogens with zero attached hydrogens (tertiary/aromatic N) is 5. The summed E-state index contributed by atoms with van der Waals surface area (Å²) >= 11 is 0. The van der Waals surface area contributed by atoms with Gasteiger partial charge in [0.15, 0.2) is 5.82 Å². The third kappa shape index (κ3) is 0.945. The smallest absolute Gasteiger partial charge is 0.162 e. The third-order valence-electron chi connectivity index (χ3n) is 2.73. The van der Waals surface area contributed by atoms with E-state index in [9.17, 15) is 0 Å². The molecule has 3 heterocycles. The molecule has 5 nitrogen and oxygen atoms in total. The van der Waals surface area contributed by atoms with E-state index in [1.165, 1.54) is 0 Å². The number of aryl methyl sites for hydroxylation is 1. The van der Waals surface area contributed by atoms with Crippen molar-refractivity contribution in [3.63, 3.8) is 0 Å². The second kappa shape index (κ2) is 2.56. The van der Waals surface area contributed by atoms with Crippen molar-refractivity contribution in [1.82, 2.24) is 14.5 Å². The molecule has 0 unspecified atom stereocenters. The predicted octanol–water partition coefficient (Wildman–Crippen LogP) is 1.14. The second-order valence-electron chi connectivity index (χ2n) is 3.76. The average molecular weight is 201 g/mol. The highest BCUT2D eigenvalue weighted by molar-refractivity contribution is 6.14. The van der Waals surface area contributed by atoms with Gasteiger partial charge >= 0.3 is 0 Å². The molecule has 15 heavy (non-hydrogen) atoms. The van der Waals surface area contributed by atoms with Crippen LogP contribution in [0, 0.1) is 0 Å². The Bertz CT molecular complexity index is 581. The van der Waals surface area contributed by atoms with Gasteiger partial charge in [-0.15, -0.1) is 0 Å². The number of anilines is 1. The fourth-order valence-electron chi connectivity index (χ4n) is 2.04. The zero-order chi connectivity index (χ0) is 10.6. The van der Waals surface area contributed by atoms with Gasteiger partial charge < -0.3 is 4.57 Å². The van der Waals surface area contributed by atoms with Gasteiger partial charge in [0.1, 0.15) is 12.0 Å². The van der Waals surface area contributed by atoms with Crippen LogP contribution in [0.5, 0.6) is 0 Å². The minimum atomic E-state index is 0.876. The number of hydrazone groups is 1. The summed E-state index contributed by atoms with van der Waals surface area (Å²) in [5.41, 5.74) is 3.09. The first kappa shape index (κ1) is 8.40. The number of aromatic nitrogens is 3. The lowest BCUT2D eigenvalue weighted by Crippen LogP contribution is -2.18. The van der Waals surface area contributed by atoms with Gasteiger partial charge in [-0.1, -0.05) is 0 Å². The van der Waals surface area contributed by atoms with E-state index in [4.69, 9.17) is 0 Å². The zero-order valence-electron chi connectivity index (χ0n) is 8.89. The molecule has 0 spiro atoms. The van der Waals surface area contributed by atoms with E-state index in [-0.39, 0.29) is 0 Å². The van der Waals surface area contributed by atoms with Crippen LogP contribution in [0.25, 0.3) is 11.0 Å². The molecule has 3 rings (SSSR count). The lowest BCUT2D eigenvalue weighted by molar-refractivity contribution is 0.937. The van der Waals surface area contributed by atoms with Crippen LogP contribution in [-0.2, 0) is 7.05 Å². The van der Waals surface area contributed by atoms with E-state index in [2.05, 4.69) is 21.3 Å². The Kier molecular flexibility index (Phi) is 1.44. The minimum Gasteiger partial charge on any atom is -0.335 e. The Morgan fingerprint density at radius 2 is 2.00 bits per heavy atom. The van der Waals surface area contributed by atoms with Crippen molar-refractivity contribution in [2.45, 2.75) is 6.92 Å². The first-order chi connectivity index (χ1) is 7.18. The molecular formula is C10H11N5. The van der Waals surface area contributed by atoms with Gasteiger partial charge in [0, 0.05) is 25.9 Å². The normalized spacial score (nSPS) is 14.6. The summed E-state index contributed by atoms with van der Waals surface area (Å²) in [5.74, 6) is 0.876. The fraction of sp³-hybridized carbons (Fsp3) is 0.300. The molecule has 5 heteroatoms. The monoisotopic (exact) mass is 201 g/mol. The van der Waals surface area contributed by atoms with Crippen LogP contribution >= 0.6 is 0 Å². The Balaban J connectivity index is 2.52. The highest BCUT2D eigenvalue weighted by Crippen LogP contribution is 2.31. The van der Waals surface area contributed by atoms with E-state index in [0.717, 1.165) is 28.1 Å². The molecule has 0 N–H and O–H groups in total. The maximum absolute atomic E-state index is 4.41. The second-order valence-corrected chi connectivity index (χ2v) is 3.76. The molecule has 0 bridgehead atoms. The van der Waals surface area contributed by atoms with Crippen molar-refractivity contribution in [3.05, 3.63) is 18.1 Å². The zero-order valence-corrected chi connectivity index (χ0v) is 8.89. The van der Waals surface area contributed by atoms with Crippen molar-refractivity contribution < 1.29 is 0 Å². The van der Waals surface area contributed by atoms with E-state index >= 15 is 0 Å². The van der Waals surface area contributed by atoms with Gasteiger partial charge in [0.05, 0.1) is 11.1 Å². The minimum absolute atomic E-state index is 0.876. The summed E-state index contributed by atoms with van der Waals surface area (Å²) in [4.78, 5) is 8.54. The summed E-state index contributed by atoms with van der Waals surface area (Å²) < 4.78 is 2.01. The topological polar surface area (TPSA) is 46.3 Å². The molecule has 0 fully saturated rings. The molecule has 0 amide bonds. The molecule has 2 aromatic heterocycles. The maximum atomic E-state index is 4.41. The standard InChI is InChI=1S/C10H11N5/c1-6-7-4-14(2)9-8(7)10(12-5-11-9)15(3)13-6/h4-5H,1-3H3. The first-order valence-electron chi connectivity index (χ1n) is 4.78. The van der Waals surface area contributed by atoms with E-state index in [1.807, 2.05) is 25.6 Å². The largest absolute Gasteiger partial charge is 0.335 e. The highest BCUT2D eigenvalue weighted by atomic mass is 15.5. The molecule has 1 aliphatic heterocycles. The SMILES string of the molecule is CC1=NN(C)c2ncnc3c2c1cn3C. The first-order valence-corrected chi connectivity index (χ1v) is 4.78. The summed E-state index contributed by atoms with van der Waals surface area (Å²) in [5, 5.41) is 7.30. The number of hydrogen-bond donors (Lipinski definition) is 0. The van der Waals surface area contributed by atoms with Crippen LogP contribution in [0.4, 0.5) is 5.82 Å². The van der Waals surface area contributed by atoms with Crippen molar-refractivity contribution >= 4 is 22.6 Å². The van der Waals surface area contributed by atoms with Gasteiger partial charge in [-0.2, -0.15) is 5.10 Å². The van der Waals surface area contributed by atoms with Crippen LogP contribution in [0.1, 0.15) is 12.5 Å². The van der Waals surface area contributed by atoms with E-state index < -0.39 is 0 Å². The van der Waals surface area contributed by atoms with Crippen LogP contribution in [0.3, 0.4) is 0 Å². The quantitative estimate of drug-likeness (QED) is 0.642. The van der Waals surface area contributed by atoms with Gasteiger partial charge in [0.25, 0.3) is 0 Å². The summed E-state index contributed by atoms with van der Waals surface area (Å²) in [6.07, 6.45) is 3.63. The van der Waals surface area contributed by atoms with Crippen molar-refractivity contribution in [2.24, 2.45) is 12.1 Å². The molecule has 0 aliphatic carbocycles. The van der Waals surface area contributed by atoms with E-state index in [0.29, 0.717) is 0 Å². The molecule has 1 aliphatic rings. The lowest BCUT2D eigenvalue weighted by atomic mass is 10.1. The van der Waals surface area contributed by atoms with Crippen molar-refractivity contribution in [3.8, 4) is 0 Å². The number of rotatable bonds is 0. The molecule has 2 aromatic rings. The Morgan fingerprint density at radius 3 is 2.80 bits per heavy atom. The van der Waals surface area contributed by atoms with Crippen LogP contribution in [-0.4, -0.2) is 27.3 Å². The van der Waals surface area contributed by atoms with Crippen molar-refractivity contribution in [2.75, 3.05) is 12.1 Å². The van der Waals surface area contributed by atoms with Crippen molar-refractivity contribution in [1.29, 1.82) is 0 Å². The summed E-state index contributed by atoms with van der Waals surface area (Å²) in [7, 11) is 3.89. The fourth-order valence-corrected chi connectivity index (χ4v) is 2.04. The third-order valence-corrected chi connectivity index (χ3v) is 2.73. The van der Waals surface area contributed by atoms with Gasteiger partial charge in [-0.05, 0) is 6.92 Å². The molecular weight excluding hydrogens is 190 g/mol. The van der Waals surface area contributed by atoms with Crippen LogP contribution in [0.2, 0.25) is 0 Å². The van der Waals surface area contributed by atoms with Crippen LogP contribution in [0.15, 0.2) is 17.6 Å². The molecule has 76 valence electrons. The maximum Gasteiger partial charge on any atom is 0.162 e. The Morgan fingerprint density at radius 1 is 1.20 bits per heavy atom. The average Bonchev–Trinajstić information content (AvgIpc) is 2.55. The van der Waals surface area contributed by atoms with Gasteiger partial charge in [-0.3, -0.25) is 5.01 Å². The van der Waals surface area contributed by atoms with E-state index in [1.54, 1.807) is 11.3 Å². The molecule has 0 saturated carbocycles. The summed E-state index contributed by atoms with van der Waals surface area (Å²) in [6, 6.07) is 0. The van der Waals surface area contributed by atoms with Gasteiger partial charge in [-0.25, -0.2) is 9.97 Å². The molecule has 0 saturated heterocycles. The predicted molar refractivity (Wildman–Crippen MR) is 59.1 cm³/mol. The molecule has 0 radical (unpaired) electrons. The number of hydrogen-bond acceptors (Lipinski definition) is 4. The van der Waals surface area contributed by atoms with Gasteiger partial charge in [0.2, 0.25) is 0 Å². The molecule has 0 atom stereocenters. The highest BCUT2D eigenvalue weighted by Gasteiger charge is 2.21. The lowest BCUT2D eigenvalue weighted by Gasteiger charge is -2.18.